The van der Waals surface area contributed by atoms with Crippen molar-refractivity contribution in [1.82, 2.24) is 4.57 Å². The minimum atomic E-state index is 0.817. The molecule has 0 spiro atoms. The number of aromatic nitrogens is 1. The van der Waals surface area contributed by atoms with Gasteiger partial charge in [-0.05, 0) is 83.4 Å². The van der Waals surface area contributed by atoms with Crippen molar-refractivity contribution < 1.29 is 4.42 Å². The van der Waals surface area contributed by atoms with Gasteiger partial charge in [0.25, 0.3) is 0 Å². The lowest BCUT2D eigenvalue weighted by atomic mass is 9.98. The van der Waals surface area contributed by atoms with Crippen molar-refractivity contribution >= 4 is 60.7 Å². The van der Waals surface area contributed by atoms with Crippen LogP contribution in [0.3, 0.4) is 0 Å². The molecule has 9 rings (SSSR count). The Morgan fingerprint density at radius 1 is 0.529 bits per heavy atom. The van der Waals surface area contributed by atoms with Crippen LogP contribution in [0.2, 0.25) is 0 Å². The standard InChI is InChI=1S/C48H34N2O/c1-33(35-16-6-3-7-17-35)26-27-34(2)49(37-18-8-4-9-19-37)39-31-42(48-44(32-39)41-23-13-15-25-47(41)51-48)36-28-29-46-43(30-36)40-22-12-14-24-45(40)50(46)38-20-10-5-11-21-38/h3-32H,1-2H2/b27-26-. The molecule has 0 aliphatic rings. The molecule has 0 atom stereocenters. The van der Waals surface area contributed by atoms with Crippen molar-refractivity contribution in [2.45, 2.75) is 0 Å². The summed E-state index contributed by atoms with van der Waals surface area (Å²) in [5.41, 5.74) is 12.1. The molecular weight excluding hydrogens is 621 g/mol. The lowest BCUT2D eigenvalue weighted by molar-refractivity contribution is 0.670. The summed E-state index contributed by atoms with van der Waals surface area (Å²) >= 11 is 0. The second-order valence-corrected chi connectivity index (χ2v) is 12.8. The van der Waals surface area contributed by atoms with E-state index in [4.69, 9.17) is 4.42 Å². The van der Waals surface area contributed by atoms with E-state index in [0.29, 0.717) is 0 Å². The molecule has 7 aromatic carbocycles. The van der Waals surface area contributed by atoms with Gasteiger partial charge in [-0.15, -0.1) is 0 Å². The third-order valence-electron chi connectivity index (χ3n) is 9.64. The number of allylic oxidation sites excluding steroid dienone is 3. The summed E-state index contributed by atoms with van der Waals surface area (Å²) in [7, 11) is 0. The van der Waals surface area contributed by atoms with Crippen LogP contribution in [0, 0.1) is 0 Å². The van der Waals surface area contributed by atoms with E-state index in [0.717, 1.165) is 72.5 Å². The van der Waals surface area contributed by atoms with Crippen molar-refractivity contribution in [3.05, 3.63) is 206 Å². The summed E-state index contributed by atoms with van der Waals surface area (Å²) in [5.74, 6) is 0. The van der Waals surface area contributed by atoms with Crippen molar-refractivity contribution in [1.29, 1.82) is 0 Å². The maximum absolute atomic E-state index is 6.67. The SMILES string of the molecule is C=C(/C=C\C(=C)N(c1ccccc1)c1cc(-c2ccc3c(c2)c2ccccc2n3-c2ccccc2)c2oc3ccccc3c2c1)c1ccccc1. The van der Waals surface area contributed by atoms with E-state index in [1.54, 1.807) is 0 Å². The fraction of sp³-hybridized carbons (Fsp3) is 0. The van der Waals surface area contributed by atoms with Crippen molar-refractivity contribution in [2.75, 3.05) is 4.90 Å². The molecule has 3 heteroatoms. The van der Waals surface area contributed by atoms with Crippen LogP contribution in [0.5, 0.6) is 0 Å². The van der Waals surface area contributed by atoms with Gasteiger partial charge in [0, 0.05) is 49.9 Å². The van der Waals surface area contributed by atoms with Crippen molar-refractivity contribution in [3.63, 3.8) is 0 Å². The Bertz CT molecular complexity index is 2770. The van der Waals surface area contributed by atoms with Crippen LogP contribution in [0.25, 0.3) is 66.1 Å². The third kappa shape index (κ3) is 5.33. The van der Waals surface area contributed by atoms with Gasteiger partial charge in [0.2, 0.25) is 0 Å². The summed E-state index contributed by atoms with van der Waals surface area (Å²) in [5, 5.41) is 4.52. The van der Waals surface area contributed by atoms with Gasteiger partial charge < -0.3 is 13.9 Å². The van der Waals surface area contributed by atoms with Crippen molar-refractivity contribution in [2.24, 2.45) is 0 Å². The molecule has 0 bridgehead atoms. The predicted octanol–water partition coefficient (Wildman–Crippen LogP) is 13.3. The fourth-order valence-electron chi connectivity index (χ4n) is 7.23. The smallest absolute Gasteiger partial charge is 0.143 e. The fourth-order valence-corrected chi connectivity index (χ4v) is 7.23. The van der Waals surface area contributed by atoms with E-state index < -0.39 is 0 Å². The van der Waals surface area contributed by atoms with Gasteiger partial charge >= 0.3 is 0 Å². The Labute approximate surface area is 296 Å². The van der Waals surface area contributed by atoms with Crippen LogP contribution in [-0.2, 0) is 0 Å². The monoisotopic (exact) mass is 654 g/mol. The summed E-state index contributed by atoms with van der Waals surface area (Å²) in [6.07, 6.45) is 4.08. The minimum Gasteiger partial charge on any atom is -0.455 e. The molecule has 0 N–H and O–H groups in total. The zero-order valence-corrected chi connectivity index (χ0v) is 28.0. The number of fused-ring (bicyclic) bond motifs is 6. The van der Waals surface area contributed by atoms with Gasteiger partial charge in [-0.25, -0.2) is 0 Å². The molecule has 0 fully saturated rings. The van der Waals surface area contributed by atoms with Gasteiger partial charge in [0.05, 0.1) is 11.0 Å². The molecular formula is C48H34N2O. The zero-order chi connectivity index (χ0) is 34.3. The van der Waals surface area contributed by atoms with Gasteiger partial charge in [-0.1, -0.05) is 128 Å². The van der Waals surface area contributed by atoms with E-state index in [1.165, 1.54) is 16.3 Å². The first-order valence-electron chi connectivity index (χ1n) is 17.1. The van der Waals surface area contributed by atoms with Gasteiger partial charge in [0.15, 0.2) is 0 Å². The van der Waals surface area contributed by atoms with Gasteiger partial charge in [0.1, 0.15) is 11.2 Å². The van der Waals surface area contributed by atoms with E-state index in [9.17, 15) is 0 Å². The Morgan fingerprint density at radius 2 is 1.18 bits per heavy atom. The summed E-state index contributed by atoms with van der Waals surface area (Å²) in [6.45, 7) is 8.91. The molecule has 2 heterocycles. The second-order valence-electron chi connectivity index (χ2n) is 12.8. The maximum atomic E-state index is 6.67. The van der Waals surface area contributed by atoms with Crippen LogP contribution in [-0.4, -0.2) is 4.57 Å². The summed E-state index contributed by atoms with van der Waals surface area (Å²) in [6, 6.07) is 59.3. The first-order chi connectivity index (χ1) is 25.1. The Balaban J connectivity index is 1.25. The van der Waals surface area contributed by atoms with Crippen LogP contribution >= 0.6 is 0 Å². The largest absolute Gasteiger partial charge is 0.455 e. The van der Waals surface area contributed by atoms with Crippen LogP contribution < -0.4 is 4.90 Å². The van der Waals surface area contributed by atoms with E-state index >= 15 is 0 Å². The third-order valence-corrected chi connectivity index (χ3v) is 9.64. The maximum Gasteiger partial charge on any atom is 0.143 e. The first-order valence-corrected chi connectivity index (χ1v) is 17.1. The van der Waals surface area contributed by atoms with Crippen molar-refractivity contribution in [3.8, 4) is 16.8 Å². The molecule has 0 radical (unpaired) electrons. The highest BCUT2D eigenvalue weighted by Gasteiger charge is 2.20. The van der Waals surface area contributed by atoms with Crippen LogP contribution in [0.1, 0.15) is 5.56 Å². The summed E-state index contributed by atoms with van der Waals surface area (Å²) in [4.78, 5) is 2.21. The average molecular weight is 655 g/mol. The molecule has 0 aliphatic heterocycles. The number of benzene rings is 7. The van der Waals surface area contributed by atoms with E-state index in [2.05, 4.69) is 156 Å². The number of anilines is 2. The molecule has 0 aliphatic carbocycles. The molecule has 3 nitrogen and oxygen atoms in total. The number of hydrogen-bond acceptors (Lipinski definition) is 2. The highest BCUT2D eigenvalue weighted by molar-refractivity contribution is 6.14. The molecule has 0 saturated heterocycles. The normalized spacial score (nSPS) is 11.6. The molecule has 0 unspecified atom stereocenters. The number of nitrogens with zero attached hydrogens (tertiary/aromatic N) is 2. The lowest BCUT2D eigenvalue weighted by Crippen LogP contribution is -2.14. The Kier molecular flexibility index (Phi) is 7.44. The molecule has 9 aromatic rings. The number of para-hydroxylation sites is 4. The topological polar surface area (TPSA) is 21.3 Å². The number of rotatable bonds is 8. The molecule has 0 amide bonds. The Hall–Kier alpha value is -6.84. The Morgan fingerprint density at radius 3 is 1.96 bits per heavy atom. The molecule has 51 heavy (non-hydrogen) atoms. The average Bonchev–Trinajstić information content (AvgIpc) is 3.73. The van der Waals surface area contributed by atoms with Crippen LogP contribution in [0.15, 0.2) is 205 Å². The van der Waals surface area contributed by atoms with Gasteiger partial charge in [-0.2, -0.15) is 0 Å². The second kappa shape index (κ2) is 12.6. The van der Waals surface area contributed by atoms with E-state index in [-0.39, 0.29) is 0 Å². The predicted molar refractivity (Wildman–Crippen MR) is 216 cm³/mol. The molecule has 242 valence electrons. The number of furan rings is 1. The van der Waals surface area contributed by atoms with E-state index in [1.807, 2.05) is 48.6 Å². The lowest BCUT2D eigenvalue weighted by Gasteiger charge is -2.26. The molecule has 0 saturated carbocycles. The van der Waals surface area contributed by atoms with Gasteiger partial charge in [-0.3, -0.25) is 0 Å². The summed E-state index contributed by atoms with van der Waals surface area (Å²) < 4.78 is 9.01. The number of hydrogen-bond donors (Lipinski definition) is 0. The zero-order valence-electron chi connectivity index (χ0n) is 28.0. The highest BCUT2D eigenvalue weighted by Crippen LogP contribution is 2.43. The first kappa shape index (κ1) is 30.2. The minimum absolute atomic E-state index is 0.817. The van der Waals surface area contributed by atoms with Crippen LogP contribution in [0.4, 0.5) is 11.4 Å². The molecule has 2 aromatic heterocycles. The quantitative estimate of drug-likeness (QED) is 0.152. The highest BCUT2D eigenvalue weighted by atomic mass is 16.3.